The van der Waals surface area contributed by atoms with E-state index in [0.717, 1.165) is 30.6 Å². The van der Waals surface area contributed by atoms with Crippen LogP contribution in [0.15, 0.2) is 60.0 Å². The second-order valence-electron chi connectivity index (χ2n) is 9.66. The number of rotatable bonds is 6. The number of thiophene rings is 1. The average Bonchev–Trinajstić information content (AvgIpc) is 3.50. The molecule has 2 atom stereocenters. The third kappa shape index (κ3) is 5.03. The third-order valence-corrected chi connectivity index (χ3v) is 8.02. The zero-order chi connectivity index (χ0) is 25.9. The summed E-state index contributed by atoms with van der Waals surface area (Å²) in [6.07, 6.45) is 4.32. The predicted octanol–water partition coefficient (Wildman–Crippen LogP) is 4.88. The molecule has 2 aliphatic heterocycles. The number of ether oxygens (including phenoxy) is 4. The Morgan fingerprint density at radius 1 is 0.868 bits per heavy atom. The minimum Gasteiger partial charge on any atom is -0.486 e. The summed E-state index contributed by atoms with van der Waals surface area (Å²) in [5.74, 6) is 1.66. The van der Waals surface area contributed by atoms with Crippen LogP contribution in [0.5, 0.6) is 23.0 Å². The van der Waals surface area contributed by atoms with Crippen LogP contribution >= 0.6 is 11.3 Å². The number of carbonyl (C=O) groups is 2. The van der Waals surface area contributed by atoms with Crippen LogP contribution in [0.25, 0.3) is 0 Å². The van der Waals surface area contributed by atoms with Gasteiger partial charge in [-0.1, -0.05) is 37.5 Å². The summed E-state index contributed by atoms with van der Waals surface area (Å²) in [6.45, 7) is 0.916. The first-order valence-electron chi connectivity index (χ1n) is 13.1. The van der Waals surface area contributed by atoms with Gasteiger partial charge < -0.3 is 24.3 Å². The first-order valence-corrected chi connectivity index (χ1v) is 14.0. The maximum Gasteiger partial charge on any atom is 0.272 e. The molecule has 1 N–H and O–H groups in total. The van der Waals surface area contributed by atoms with Crippen LogP contribution in [-0.2, 0) is 9.59 Å². The maximum atomic E-state index is 14.3. The first-order chi connectivity index (χ1) is 18.7. The highest BCUT2D eigenvalue weighted by Crippen LogP contribution is 2.39. The second kappa shape index (κ2) is 10.9. The Morgan fingerprint density at radius 3 is 2.42 bits per heavy atom. The molecule has 1 saturated carbocycles. The molecule has 9 heteroatoms. The van der Waals surface area contributed by atoms with Gasteiger partial charge in [-0.15, -0.1) is 11.3 Å². The van der Waals surface area contributed by atoms with E-state index in [1.54, 1.807) is 30.3 Å². The van der Waals surface area contributed by atoms with Crippen molar-refractivity contribution in [2.24, 2.45) is 0 Å². The highest BCUT2D eigenvalue weighted by molar-refractivity contribution is 7.10. The molecule has 0 radical (unpaired) electrons. The summed E-state index contributed by atoms with van der Waals surface area (Å²) in [5.41, 5.74) is 0.527. The number of fused-ring (bicyclic) bond motifs is 2. The van der Waals surface area contributed by atoms with Crippen LogP contribution in [0.3, 0.4) is 0 Å². The Hall–Kier alpha value is -3.72. The van der Waals surface area contributed by atoms with Crippen molar-refractivity contribution >= 4 is 28.8 Å². The Morgan fingerprint density at radius 2 is 1.63 bits per heavy atom. The molecule has 38 heavy (non-hydrogen) atoms. The SMILES string of the molecule is O=C(NC1CCCCC1)[C@H](c1cccs1)N(C(=O)[C@H]1COc2ccccc2O1)c1ccc2c(c1)OCCO2. The van der Waals surface area contributed by atoms with E-state index in [1.807, 2.05) is 29.6 Å². The molecule has 8 nitrogen and oxygen atoms in total. The van der Waals surface area contributed by atoms with Crippen LogP contribution in [0.4, 0.5) is 5.69 Å². The lowest BCUT2D eigenvalue weighted by Crippen LogP contribution is -2.52. The monoisotopic (exact) mass is 534 g/mol. The second-order valence-corrected chi connectivity index (χ2v) is 10.6. The summed E-state index contributed by atoms with van der Waals surface area (Å²) >= 11 is 1.44. The molecule has 0 saturated heterocycles. The quantitative estimate of drug-likeness (QED) is 0.485. The Kier molecular flexibility index (Phi) is 7.09. The molecule has 1 fully saturated rings. The minimum absolute atomic E-state index is 0.0400. The van der Waals surface area contributed by atoms with Crippen LogP contribution in [-0.4, -0.2) is 43.8 Å². The molecule has 0 unspecified atom stereocenters. The molecule has 3 aromatic rings. The molecule has 2 amide bonds. The maximum absolute atomic E-state index is 14.3. The molecule has 0 spiro atoms. The molecule has 3 aliphatic rings. The van der Waals surface area contributed by atoms with Gasteiger partial charge in [-0.3, -0.25) is 14.5 Å². The third-order valence-electron chi connectivity index (χ3n) is 7.10. The summed E-state index contributed by atoms with van der Waals surface area (Å²) in [6, 6.07) is 15.6. The molecule has 1 aromatic heterocycles. The minimum atomic E-state index is -0.928. The lowest BCUT2D eigenvalue weighted by molar-refractivity contribution is -0.132. The molecule has 6 rings (SSSR count). The highest BCUT2D eigenvalue weighted by Gasteiger charge is 2.40. The predicted molar refractivity (Wildman–Crippen MR) is 143 cm³/mol. The van der Waals surface area contributed by atoms with Gasteiger partial charge in [-0.05, 0) is 48.6 Å². The van der Waals surface area contributed by atoms with Crippen molar-refractivity contribution in [2.75, 3.05) is 24.7 Å². The van der Waals surface area contributed by atoms with Gasteiger partial charge in [0.15, 0.2) is 23.0 Å². The van der Waals surface area contributed by atoms with E-state index in [4.69, 9.17) is 18.9 Å². The van der Waals surface area contributed by atoms with Gasteiger partial charge in [-0.25, -0.2) is 0 Å². The average molecular weight is 535 g/mol. The van der Waals surface area contributed by atoms with Crippen molar-refractivity contribution in [2.45, 2.75) is 50.3 Å². The number of para-hydroxylation sites is 2. The Labute approximate surface area is 225 Å². The van der Waals surface area contributed by atoms with E-state index in [-0.39, 0.29) is 24.5 Å². The zero-order valence-corrected chi connectivity index (χ0v) is 21.8. The number of carbonyl (C=O) groups excluding carboxylic acids is 2. The summed E-state index contributed by atoms with van der Waals surface area (Å²) in [5, 5.41) is 5.15. The van der Waals surface area contributed by atoms with Crippen molar-refractivity contribution < 1.29 is 28.5 Å². The van der Waals surface area contributed by atoms with Crippen LogP contribution in [0.2, 0.25) is 0 Å². The van der Waals surface area contributed by atoms with Gasteiger partial charge >= 0.3 is 0 Å². The molecule has 0 bridgehead atoms. The largest absolute Gasteiger partial charge is 0.486 e. The molecule has 198 valence electrons. The van der Waals surface area contributed by atoms with E-state index in [1.165, 1.54) is 22.7 Å². The van der Waals surface area contributed by atoms with Crippen molar-refractivity contribution in [3.63, 3.8) is 0 Å². The number of anilines is 1. The van der Waals surface area contributed by atoms with E-state index in [0.29, 0.717) is 41.9 Å². The number of hydrogen-bond donors (Lipinski definition) is 1. The van der Waals surface area contributed by atoms with Crippen LogP contribution in [0.1, 0.15) is 43.0 Å². The fraction of sp³-hybridized carbons (Fsp3) is 0.379. The normalized spacial score (nSPS) is 19.3. The van der Waals surface area contributed by atoms with E-state index in [9.17, 15) is 9.59 Å². The standard InChI is InChI=1S/C29H30N2O6S/c32-28(30-19-7-2-1-3-8-19)27(26-11-6-16-38-26)31(20-12-13-22-24(17-20)35-15-14-34-22)29(33)25-18-36-21-9-4-5-10-23(21)37-25/h4-6,9-13,16-17,19,25,27H,1-3,7-8,14-15,18H2,(H,30,32)/t25-,27+/m1/s1. The molecular weight excluding hydrogens is 504 g/mol. The van der Waals surface area contributed by atoms with Crippen LogP contribution in [0, 0.1) is 0 Å². The number of hydrogen-bond acceptors (Lipinski definition) is 7. The van der Waals surface area contributed by atoms with Crippen molar-refractivity contribution in [3.05, 3.63) is 64.9 Å². The molecule has 1 aliphatic carbocycles. The lowest BCUT2D eigenvalue weighted by Gasteiger charge is -2.36. The van der Waals surface area contributed by atoms with E-state index < -0.39 is 12.1 Å². The van der Waals surface area contributed by atoms with Gasteiger partial charge in [0, 0.05) is 22.7 Å². The topological polar surface area (TPSA) is 86.3 Å². The number of nitrogens with zero attached hydrogens (tertiary/aromatic N) is 1. The lowest BCUT2D eigenvalue weighted by atomic mass is 9.95. The zero-order valence-electron chi connectivity index (χ0n) is 21.0. The molecular formula is C29H30N2O6S. The molecule has 2 aromatic carbocycles. The van der Waals surface area contributed by atoms with Gasteiger partial charge in [0.1, 0.15) is 25.9 Å². The van der Waals surface area contributed by atoms with Crippen molar-refractivity contribution in [1.82, 2.24) is 5.32 Å². The summed E-state index contributed by atoms with van der Waals surface area (Å²) < 4.78 is 23.5. The van der Waals surface area contributed by atoms with Gasteiger partial charge in [0.25, 0.3) is 5.91 Å². The summed E-state index contributed by atoms with van der Waals surface area (Å²) in [4.78, 5) is 30.6. The number of benzene rings is 2. The smallest absolute Gasteiger partial charge is 0.272 e. The van der Waals surface area contributed by atoms with E-state index >= 15 is 0 Å². The Balaban J connectivity index is 1.38. The van der Waals surface area contributed by atoms with Gasteiger partial charge in [-0.2, -0.15) is 0 Å². The number of nitrogens with one attached hydrogen (secondary N) is 1. The fourth-order valence-electron chi connectivity index (χ4n) is 5.23. The Bertz CT molecular complexity index is 1290. The van der Waals surface area contributed by atoms with Crippen molar-refractivity contribution in [1.29, 1.82) is 0 Å². The van der Waals surface area contributed by atoms with E-state index in [2.05, 4.69) is 5.32 Å². The summed E-state index contributed by atoms with van der Waals surface area (Å²) in [7, 11) is 0. The van der Waals surface area contributed by atoms with Gasteiger partial charge in [0.05, 0.1) is 0 Å². The first kappa shape index (κ1) is 24.6. The van der Waals surface area contributed by atoms with Gasteiger partial charge in [0.2, 0.25) is 12.0 Å². The van der Waals surface area contributed by atoms with Crippen molar-refractivity contribution in [3.8, 4) is 23.0 Å². The highest BCUT2D eigenvalue weighted by atomic mass is 32.1. The van der Waals surface area contributed by atoms with Crippen LogP contribution < -0.4 is 29.2 Å². The molecule has 3 heterocycles. The number of amides is 2. The fourth-order valence-corrected chi connectivity index (χ4v) is 6.04.